The number of carbonyl (C=O) groups excluding carboxylic acids is 2. The molecule has 0 saturated carbocycles. The molecule has 12 rings (SSSR count). The van der Waals surface area contributed by atoms with Crippen LogP contribution in [0, 0.1) is 0 Å². The van der Waals surface area contributed by atoms with E-state index in [1.165, 1.54) is 0 Å². The topological polar surface area (TPSA) is 52.6 Å². The van der Waals surface area contributed by atoms with Crippen LogP contribution in [0.15, 0.2) is 303 Å². The Labute approximate surface area is 481 Å². The van der Waals surface area contributed by atoms with E-state index < -0.39 is 5.41 Å². The molecule has 6 heteroatoms. The summed E-state index contributed by atoms with van der Waals surface area (Å²) in [5, 5.41) is 1.13. The number of ether oxygens (including phenoxy) is 2. The van der Waals surface area contributed by atoms with Gasteiger partial charge < -0.3 is 9.47 Å². The number of hydrogen-bond acceptors (Lipinski definition) is 4. The van der Waals surface area contributed by atoms with E-state index in [1.807, 2.05) is 72.8 Å². The molecule has 0 radical (unpaired) electrons. The van der Waals surface area contributed by atoms with E-state index >= 15 is 0 Å². The van der Waals surface area contributed by atoms with Crippen LogP contribution in [0.4, 0.5) is 0 Å². The highest BCUT2D eigenvalue weighted by molar-refractivity contribution is 6.31. The lowest BCUT2D eigenvalue weighted by Crippen LogP contribution is -2.31. The lowest BCUT2D eigenvalue weighted by Gasteiger charge is -2.38. The van der Waals surface area contributed by atoms with Crippen LogP contribution < -0.4 is 9.47 Å². The first kappa shape index (κ1) is 51.9. The van der Waals surface area contributed by atoms with Crippen molar-refractivity contribution in [1.82, 2.24) is 0 Å². The molecule has 81 heavy (non-hydrogen) atoms. The maximum absolute atomic E-state index is 13.7. The number of halogens is 2. The van der Waals surface area contributed by atoms with E-state index in [1.54, 1.807) is 48.5 Å². The maximum Gasteiger partial charge on any atom is 0.193 e. The molecule has 0 amide bonds. The van der Waals surface area contributed by atoms with Crippen molar-refractivity contribution in [2.75, 3.05) is 0 Å². The van der Waals surface area contributed by atoms with Crippen LogP contribution in [-0.2, 0) is 5.41 Å². The van der Waals surface area contributed by atoms with Gasteiger partial charge in [0.05, 0.1) is 5.41 Å². The molecule has 0 fully saturated rings. The van der Waals surface area contributed by atoms with Crippen molar-refractivity contribution in [3.63, 3.8) is 0 Å². The van der Waals surface area contributed by atoms with E-state index in [0.29, 0.717) is 55.3 Å². The third-order valence-corrected chi connectivity index (χ3v) is 15.2. The highest BCUT2D eigenvalue weighted by atomic mass is 35.5. The quantitative estimate of drug-likeness (QED) is 0.0715. The number of ketones is 2. The summed E-state index contributed by atoms with van der Waals surface area (Å²) in [5.74, 6) is 2.23. The van der Waals surface area contributed by atoms with Gasteiger partial charge >= 0.3 is 0 Å². The largest absolute Gasteiger partial charge is 0.456 e. The van der Waals surface area contributed by atoms with E-state index in [0.717, 1.165) is 66.8 Å². The van der Waals surface area contributed by atoms with Crippen molar-refractivity contribution in [3.8, 4) is 67.5 Å². The summed E-state index contributed by atoms with van der Waals surface area (Å²) in [7, 11) is 0. The first-order valence-electron chi connectivity index (χ1n) is 26.7. The SMILES string of the molecule is O=C(c1ccc(Cl)cc1)c1ccc(Oc2c(-c3ccccc3)cc(C(c3ccccc3)(c3ccccc3)c3cc(-c4ccccc4)c(Oc4ccc(C(=O)c5ccc(Cl)cc5)cc4)c(-c4ccccc4)c3)cc2-c2ccccc2)cc1. The van der Waals surface area contributed by atoms with Crippen LogP contribution in [0.25, 0.3) is 44.5 Å². The third-order valence-electron chi connectivity index (χ3n) is 14.7. The Balaban J connectivity index is 1.11. The van der Waals surface area contributed by atoms with Crippen LogP contribution in [0.2, 0.25) is 10.0 Å². The molecule has 388 valence electrons. The van der Waals surface area contributed by atoms with Gasteiger partial charge in [0, 0.05) is 54.6 Å². The molecule has 0 aliphatic heterocycles. The summed E-state index contributed by atoms with van der Waals surface area (Å²) in [6.07, 6.45) is 0. The highest BCUT2D eigenvalue weighted by Crippen LogP contribution is 2.54. The fraction of sp³-hybridized carbons (Fsp3) is 0.0133. The van der Waals surface area contributed by atoms with Gasteiger partial charge in [-0.25, -0.2) is 0 Å². The predicted octanol–water partition coefficient (Wildman–Crippen LogP) is 20.1. The van der Waals surface area contributed by atoms with Crippen molar-refractivity contribution in [3.05, 3.63) is 358 Å². The van der Waals surface area contributed by atoms with Gasteiger partial charge in [0.25, 0.3) is 0 Å². The van der Waals surface area contributed by atoms with Gasteiger partial charge in [-0.15, -0.1) is 0 Å². The monoisotopic (exact) mass is 1080 g/mol. The number of hydrogen-bond donors (Lipinski definition) is 0. The normalized spacial score (nSPS) is 11.2. The standard InChI is InChI=1S/C75H50Cl2O4/c76-63-39-31-55(32-40-63)71(78)57-35-43-65(44-36-57)80-73-67(51-19-7-1-8-20-51)47-61(48-68(73)52-21-9-2-10-22-52)75(59-27-15-5-16-28-59,60-29-17-6-18-30-60)62-49-69(53-23-11-3-12-24-53)74(70(50-62)54-25-13-4-14-26-54)81-66-45-37-58(38-46-66)72(79)56-33-41-64(77)42-34-56/h1-50H. The van der Waals surface area contributed by atoms with E-state index in [-0.39, 0.29) is 11.6 Å². The average Bonchev–Trinajstić information content (AvgIpc) is 3.72. The Morgan fingerprint density at radius 2 is 0.506 bits per heavy atom. The fourth-order valence-corrected chi connectivity index (χ4v) is 11.0. The summed E-state index contributed by atoms with van der Waals surface area (Å²) in [5.41, 5.74) is 12.5. The van der Waals surface area contributed by atoms with Crippen molar-refractivity contribution < 1.29 is 19.1 Å². The van der Waals surface area contributed by atoms with Crippen molar-refractivity contribution in [2.45, 2.75) is 5.41 Å². The Hall–Kier alpha value is -9.84. The summed E-state index contributed by atoms with van der Waals surface area (Å²) >= 11 is 12.4. The molecule has 4 nitrogen and oxygen atoms in total. The van der Waals surface area contributed by atoms with E-state index in [9.17, 15) is 9.59 Å². The molecular weight excluding hydrogens is 1040 g/mol. The zero-order valence-electron chi connectivity index (χ0n) is 43.8. The summed E-state index contributed by atoms with van der Waals surface area (Å²) < 4.78 is 14.4. The molecule has 0 atom stereocenters. The Kier molecular flexibility index (Phi) is 14.9. The Morgan fingerprint density at radius 3 is 0.765 bits per heavy atom. The van der Waals surface area contributed by atoms with Crippen LogP contribution in [-0.4, -0.2) is 11.6 Å². The molecule has 0 unspecified atom stereocenters. The molecule has 12 aromatic rings. The highest BCUT2D eigenvalue weighted by Gasteiger charge is 2.41. The Morgan fingerprint density at radius 1 is 0.272 bits per heavy atom. The number of carbonyl (C=O) groups is 2. The molecule has 0 bridgehead atoms. The van der Waals surface area contributed by atoms with Gasteiger partial charge in [0.1, 0.15) is 23.0 Å². The van der Waals surface area contributed by atoms with Crippen molar-refractivity contribution >= 4 is 34.8 Å². The molecule has 0 aliphatic rings. The maximum atomic E-state index is 13.7. The minimum absolute atomic E-state index is 0.112. The second-order valence-electron chi connectivity index (χ2n) is 19.7. The molecule has 0 heterocycles. The van der Waals surface area contributed by atoms with Gasteiger partial charge in [-0.2, -0.15) is 0 Å². The first-order valence-corrected chi connectivity index (χ1v) is 27.4. The van der Waals surface area contributed by atoms with Gasteiger partial charge in [0.2, 0.25) is 0 Å². The van der Waals surface area contributed by atoms with Crippen molar-refractivity contribution in [2.24, 2.45) is 0 Å². The zero-order valence-corrected chi connectivity index (χ0v) is 45.3. The Bertz CT molecular complexity index is 3740. The smallest absolute Gasteiger partial charge is 0.193 e. The van der Waals surface area contributed by atoms with Crippen LogP contribution >= 0.6 is 23.2 Å². The molecule has 0 spiro atoms. The second kappa shape index (κ2) is 23.2. The number of benzene rings is 12. The van der Waals surface area contributed by atoms with Gasteiger partial charge in [0.15, 0.2) is 11.6 Å². The lowest BCUT2D eigenvalue weighted by molar-refractivity contribution is 0.103. The van der Waals surface area contributed by atoms with Gasteiger partial charge in [-0.1, -0.05) is 205 Å². The van der Waals surface area contributed by atoms with Crippen LogP contribution in [0.3, 0.4) is 0 Å². The average molecular weight is 1090 g/mol. The first-order chi connectivity index (χ1) is 39.8. The van der Waals surface area contributed by atoms with E-state index in [4.69, 9.17) is 32.7 Å². The third kappa shape index (κ3) is 10.7. The molecular formula is C75H50Cl2O4. The summed E-state index contributed by atoms with van der Waals surface area (Å²) in [6, 6.07) is 101. The van der Waals surface area contributed by atoms with E-state index in [2.05, 4.69) is 182 Å². The lowest BCUT2D eigenvalue weighted by atomic mass is 9.63. The minimum atomic E-state index is -1.01. The zero-order chi connectivity index (χ0) is 55.1. The molecule has 0 aromatic heterocycles. The molecule has 0 saturated heterocycles. The van der Waals surface area contributed by atoms with Crippen LogP contribution in [0.1, 0.15) is 54.1 Å². The van der Waals surface area contributed by atoms with Gasteiger partial charge in [-0.05, 0) is 166 Å². The predicted molar refractivity (Wildman–Crippen MR) is 329 cm³/mol. The summed E-state index contributed by atoms with van der Waals surface area (Å²) in [6.45, 7) is 0. The fourth-order valence-electron chi connectivity index (χ4n) is 10.7. The molecule has 12 aromatic carbocycles. The number of rotatable bonds is 16. The minimum Gasteiger partial charge on any atom is -0.456 e. The second-order valence-corrected chi connectivity index (χ2v) is 20.5. The molecule has 0 N–H and O–H groups in total. The molecule has 0 aliphatic carbocycles. The van der Waals surface area contributed by atoms with Crippen molar-refractivity contribution in [1.29, 1.82) is 0 Å². The van der Waals surface area contributed by atoms with Crippen LogP contribution in [0.5, 0.6) is 23.0 Å². The van der Waals surface area contributed by atoms with Gasteiger partial charge in [-0.3, -0.25) is 9.59 Å². The summed E-state index contributed by atoms with van der Waals surface area (Å²) in [4.78, 5) is 27.3.